The maximum Gasteiger partial charge on any atom is 0.373 e. The molecule has 0 saturated heterocycles. The number of carbonyl (C=O) groups is 1. The number of methoxy groups -OCH3 is 1. The van der Waals surface area contributed by atoms with Crippen molar-refractivity contribution < 1.29 is 18.3 Å². The summed E-state index contributed by atoms with van der Waals surface area (Å²) in [5, 5.41) is 0.422. The number of nitrogens with zero attached hydrogens (tertiary/aromatic N) is 1. The molecule has 1 heterocycles. The highest BCUT2D eigenvalue weighted by molar-refractivity contribution is 6.31. The molecule has 122 valence electrons. The number of esters is 1. The Morgan fingerprint density at radius 2 is 2.13 bits per heavy atom. The molecule has 0 unspecified atom stereocenters. The predicted molar refractivity (Wildman–Crippen MR) is 83.7 cm³/mol. The highest BCUT2D eigenvalue weighted by Gasteiger charge is 2.31. The van der Waals surface area contributed by atoms with Crippen LogP contribution in [0.4, 0.5) is 4.39 Å². The van der Waals surface area contributed by atoms with Gasteiger partial charge in [-0.15, -0.1) is 0 Å². The Morgan fingerprint density at radius 1 is 1.35 bits per heavy atom. The number of ether oxygens (including phenoxy) is 1. The molecule has 0 bridgehead atoms. The number of carbonyl (C=O) groups excluding carboxylic acids is 1. The Hall–Kier alpha value is -1.85. The highest BCUT2D eigenvalue weighted by Crippen LogP contribution is 2.32. The van der Waals surface area contributed by atoms with Gasteiger partial charge >= 0.3 is 5.97 Å². The molecule has 0 radical (unpaired) electrons. The molecule has 0 N–H and O–H groups in total. The van der Waals surface area contributed by atoms with Gasteiger partial charge in [-0.05, 0) is 37.1 Å². The van der Waals surface area contributed by atoms with E-state index in [4.69, 9.17) is 16.0 Å². The summed E-state index contributed by atoms with van der Waals surface area (Å²) in [4.78, 5) is 13.6. The van der Waals surface area contributed by atoms with Crippen molar-refractivity contribution in [3.8, 4) is 0 Å². The third-order valence-electron chi connectivity index (χ3n) is 3.89. The van der Waals surface area contributed by atoms with Gasteiger partial charge in [0.15, 0.2) is 0 Å². The molecule has 1 aliphatic rings. The fraction of sp³-hybridized carbons (Fsp3) is 0.353. The lowest BCUT2D eigenvalue weighted by Crippen LogP contribution is -2.25. The molecule has 23 heavy (non-hydrogen) atoms. The second-order valence-corrected chi connectivity index (χ2v) is 6.00. The summed E-state index contributed by atoms with van der Waals surface area (Å²) in [6, 6.07) is 8.41. The Bertz CT molecular complexity index is 691. The van der Waals surface area contributed by atoms with E-state index >= 15 is 0 Å². The van der Waals surface area contributed by atoms with E-state index in [-0.39, 0.29) is 11.6 Å². The van der Waals surface area contributed by atoms with Crippen LogP contribution in [0.1, 0.15) is 34.7 Å². The topological polar surface area (TPSA) is 42.7 Å². The SMILES string of the molecule is COC(=O)c1ccc(CN(Cc2c(F)cccc2Cl)C2CC2)o1. The molecule has 3 rings (SSSR count). The molecule has 1 aromatic heterocycles. The number of hydrogen-bond donors (Lipinski definition) is 0. The lowest BCUT2D eigenvalue weighted by molar-refractivity contribution is 0.0560. The third kappa shape index (κ3) is 3.74. The molecule has 1 aromatic carbocycles. The minimum absolute atomic E-state index is 0.169. The van der Waals surface area contributed by atoms with Crippen molar-refractivity contribution in [3.63, 3.8) is 0 Å². The average Bonchev–Trinajstić information content (AvgIpc) is 3.28. The van der Waals surface area contributed by atoms with Crippen molar-refractivity contribution in [2.45, 2.75) is 32.0 Å². The molecule has 2 aromatic rings. The Kier molecular flexibility index (Phi) is 4.68. The van der Waals surface area contributed by atoms with Crippen molar-refractivity contribution in [1.82, 2.24) is 4.90 Å². The molecule has 1 fully saturated rings. The van der Waals surface area contributed by atoms with Crippen LogP contribution in [0.25, 0.3) is 0 Å². The van der Waals surface area contributed by atoms with Gasteiger partial charge in [0.25, 0.3) is 0 Å². The first kappa shape index (κ1) is 16.0. The lowest BCUT2D eigenvalue weighted by atomic mass is 10.2. The zero-order valence-electron chi connectivity index (χ0n) is 12.7. The van der Waals surface area contributed by atoms with Crippen LogP contribution in [0.5, 0.6) is 0 Å². The summed E-state index contributed by atoms with van der Waals surface area (Å²) >= 11 is 6.11. The summed E-state index contributed by atoms with van der Waals surface area (Å²) in [5.41, 5.74) is 0.487. The van der Waals surface area contributed by atoms with Gasteiger partial charge in [-0.2, -0.15) is 0 Å². The summed E-state index contributed by atoms with van der Waals surface area (Å²) < 4.78 is 24.1. The van der Waals surface area contributed by atoms with Crippen molar-refractivity contribution in [3.05, 3.63) is 58.3 Å². The van der Waals surface area contributed by atoms with E-state index in [1.54, 1.807) is 24.3 Å². The van der Waals surface area contributed by atoms with Crippen LogP contribution in [-0.2, 0) is 17.8 Å². The fourth-order valence-electron chi connectivity index (χ4n) is 2.51. The second-order valence-electron chi connectivity index (χ2n) is 5.59. The second kappa shape index (κ2) is 6.72. The van der Waals surface area contributed by atoms with Gasteiger partial charge in [0.1, 0.15) is 11.6 Å². The molecular formula is C17H17ClFNO3. The maximum absolute atomic E-state index is 14.0. The number of rotatable bonds is 6. The zero-order valence-corrected chi connectivity index (χ0v) is 13.5. The first-order valence-corrected chi connectivity index (χ1v) is 7.80. The molecule has 4 nitrogen and oxygen atoms in total. The van der Waals surface area contributed by atoms with E-state index in [0.29, 0.717) is 35.5 Å². The van der Waals surface area contributed by atoms with Gasteiger partial charge < -0.3 is 9.15 Å². The summed E-state index contributed by atoms with van der Waals surface area (Å²) in [7, 11) is 1.31. The number of halogens is 2. The standard InChI is InChI=1S/C17H17ClFNO3/c1-22-17(21)16-8-7-12(23-16)9-20(11-5-6-11)10-13-14(18)3-2-4-15(13)19/h2-4,7-8,11H,5-6,9-10H2,1H3. The molecule has 6 heteroatoms. The summed E-state index contributed by atoms with van der Waals surface area (Å²) in [6.45, 7) is 0.900. The minimum Gasteiger partial charge on any atom is -0.463 e. The molecule has 0 aliphatic heterocycles. The number of hydrogen-bond acceptors (Lipinski definition) is 4. The first-order valence-electron chi connectivity index (χ1n) is 7.42. The van der Waals surface area contributed by atoms with Crippen molar-refractivity contribution in [2.24, 2.45) is 0 Å². The quantitative estimate of drug-likeness (QED) is 0.747. The van der Waals surface area contributed by atoms with E-state index in [9.17, 15) is 9.18 Å². The molecule has 0 spiro atoms. The van der Waals surface area contributed by atoms with Crippen LogP contribution >= 0.6 is 11.6 Å². The van der Waals surface area contributed by atoms with E-state index in [2.05, 4.69) is 9.64 Å². The normalized spacial score (nSPS) is 14.3. The maximum atomic E-state index is 14.0. The first-order chi connectivity index (χ1) is 11.1. The van der Waals surface area contributed by atoms with Gasteiger partial charge in [-0.3, -0.25) is 4.90 Å². The average molecular weight is 338 g/mol. The molecule has 1 saturated carbocycles. The van der Waals surface area contributed by atoms with Crippen LogP contribution in [0.15, 0.2) is 34.7 Å². The third-order valence-corrected chi connectivity index (χ3v) is 4.25. The van der Waals surface area contributed by atoms with Crippen molar-refractivity contribution in [1.29, 1.82) is 0 Å². The highest BCUT2D eigenvalue weighted by atomic mass is 35.5. The molecule has 1 aliphatic carbocycles. The van der Waals surface area contributed by atoms with Crippen molar-refractivity contribution >= 4 is 17.6 Å². The van der Waals surface area contributed by atoms with Gasteiger partial charge in [0, 0.05) is 23.2 Å². The van der Waals surface area contributed by atoms with E-state index in [1.807, 2.05) is 0 Å². The summed E-state index contributed by atoms with van der Waals surface area (Å²) in [5.74, 6) is -0.00357. The van der Waals surface area contributed by atoms with E-state index in [0.717, 1.165) is 12.8 Å². The van der Waals surface area contributed by atoms with Crippen LogP contribution in [0.2, 0.25) is 5.02 Å². The molecular weight excluding hydrogens is 321 g/mol. The monoisotopic (exact) mass is 337 g/mol. The predicted octanol–water partition coefficient (Wildman–Crippen LogP) is 4.02. The fourth-order valence-corrected chi connectivity index (χ4v) is 2.74. The van der Waals surface area contributed by atoms with Crippen molar-refractivity contribution in [2.75, 3.05) is 7.11 Å². The van der Waals surface area contributed by atoms with E-state index in [1.165, 1.54) is 13.2 Å². The summed E-state index contributed by atoms with van der Waals surface area (Å²) in [6.07, 6.45) is 2.13. The van der Waals surface area contributed by atoms with Crippen LogP contribution in [0.3, 0.4) is 0 Å². The Labute approximate surface area is 138 Å². The van der Waals surface area contributed by atoms with Crippen LogP contribution in [0, 0.1) is 5.82 Å². The van der Waals surface area contributed by atoms with Crippen LogP contribution < -0.4 is 0 Å². The zero-order chi connectivity index (χ0) is 16.4. The molecule has 0 atom stereocenters. The Morgan fingerprint density at radius 3 is 2.78 bits per heavy atom. The Balaban J connectivity index is 1.75. The van der Waals surface area contributed by atoms with Gasteiger partial charge in [-0.25, -0.2) is 9.18 Å². The van der Waals surface area contributed by atoms with Gasteiger partial charge in [0.05, 0.1) is 13.7 Å². The van der Waals surface area contributed by atoms with Crippen LogP contribution in [-0.4, -0.2) is 24.0 Å². The molecule has 0 amide bonds. The van der Waals surface area contributed by atoms with Gasteiger partial charge in [-0.1, -0.05) is 17.7 Å². The number of benzene rings is 1. The lowest BCUT2D eigenvalue weighted by Gasteiger charge is -2.21. The minimum atomic E-state index is -0.508. The van der Waals surface area contributed by atoms with Gasteiger partial charge in [0.2, 0.25) is 5.76 Å². The smallest absolute Gasteiger partial charge is 0.373 e. The van der Waals surface area contributed by atoms with E-state index < -0.39 is 5.97 Å². The number of furan rings is 1. The largest absolute Gasteiger partial charge is 0.463 e.